The SMILES string of the molecule is C=C(C=CC)S(=O)ON=C(C)OCC. The van der Waals surface area contributed by atoms with Crippen molar-refractivity contribution in [1.82, 2.24) is 0 Å². The van der Waals surface area contributed by atoms with E-state index >= 15 is 0 Å². The van der Waals surface area contributed by atoms with E-state index in [2.05, 4.69) is 16.0 Å². The molecule has 0 aliphatic carbocycles. The molecule has 0 saturated heterocycles. The maximum Gasteiger partial charge on any atom is 0.264 e. The van der Waals surface area contributed by atoms with Gasteiger partial charge in [-0.2, -0.15) is 0 Å². The molecule has 0 aromatic rings. The van der Waals surface area contributed by atoms with Crippen molar-refractivity contribution >= 4 is 17.0 Å². The van der Waals surface area contributed by atoms with Crippen LogP contribution in [0.2, 0.25) is 0 Å². The highest BCUT2D eigenvalue weighted by Gasteiger charge is 2.02. The molecular formula is C9H15NO3S. The highest BCUT2D eigenvalue weighted by atomic mass is 32.2. The summed E-state index contributed by atoms with van der Waals surface area (Å²) in [6.07, 6.45) is 3.32. The van der Waals surface area contributed by atoms with E-state index in [1.165, 1.54) is 0 Å². The Morgan fingerprint density at radius 3 is 2.79 bits per heavy atom. The molecule has 0 spiro atoms. The number of hydrogen-bond acceptors (Lipinski definition) is 4. The van der Waals surface area contributed by atoms with Crippen LogP contribution in [0.1, 0.15) is 20.8 Å². The highest BCUT2D eigenvalue weighted by Crippen LogP contribution is 2.03. The Labute approximate surface area is 86.9 Å². The number of hydrogen-bond donors (Lipinski definition) is 0. The number of oxime groups is 1. The molecule has 0 radical (unpaired) electrons. The summed E-state index contributed by atoms with van der Waals surface area (Å²) in [7, 11) is 0. The number of allylic oxidation sites excluding steroid dienone is 2. The fourth-order valence-corrected chi connectivity index (χ4v) is 1.13. The molecule has 14 heavy (non-hydrogen) atoms. The zero-order chi connectivity index (χ0) is 11.0. The van der Waals surface area contributed by atoms with Crippen molar-refractivity contribution < 1.29 is 13.2 Å². The smallest absolute Gasteiger partial charge is 0.264 e. The Bertz CT molecular complexity index is 271. The average Bonchev–Trinajstić information content (AvgIpc) is 2.15. The van der Waals surface area contributed by atoms with Crippen molar-refractivity contribution in [3.63, 3.8) is 0 Å². The van der Waals surface area contributed by atoms with Crippen LogP contribution in [0.3, 0.4) is 0 Å². The van der Waals surface area contributed by atoms with E-state index in [1.54, 1.807) is 26.0 Å². The van der Waals surface area contributed by atoms with E-state index in [0.717, 1.165) is 0 Å². The van der Waals surface area contributed by atoms with Crippen molar-refractivity contribution in [2.24, 2.45) is 5.16 Å². The Morgan fingerprint density at radius 2 is 2.29 bits per heavy atom. The first kappa shape index (κ1) is 12.9. The van der Waals surface area contributed by atoms with Crippen molar-refractivity contribution in [2.45, 2.75) is 20.8 Å². The van der Waals surface area contributed by atoms with Crippen LogP contribution in [-0.2, 0) is 20.1 Å². The van der Waals surface area contributed by atoms with Gasteiger partial charge in [0, 0.05) is 6.92 Å². The van der Waals surface area contributed by atoms with Gasteiger partial charge in [-0.25, -0.2) is 4.21 Å². The van der Waals surface area contributed by atoms with Crippen LogP contribution in [0, 0.1) is 0 Å². The molecule has 0 aromatic carbocycles. The first-order chi connectivity index (χ1) is 6.61. The minimum Gasteiger partial charge on any atom is -0.479 e. The predicted molar refractivity (Wildman–Crippen MR) is 57.9 cm³/mol. The second-order valence-corrected chi connectivity index (χ2v) is 3.46. The van der Waals surface area contributed by atoms with E-state index in [0.29, 0.717) is 17.4 Å². The summed E-state index contributed by atoms with van der Waals surface area (Å²) in [5, 5.41) is 3.52. The monoisotopic (exact) mass is 217 g/mol. The van der Waals surface area contributed by atoms with E-state index in [9.17, 15) is 4.21 Å². The maximum absolute atomic E-state index is 11.2. The quantitative estimate of drug-likeness (QED) is 0.307. The summed E-state index contributed by atoms with van der Waals surface area (Å²) >= 11 is -1.64. The summed E-state index contributed by atoms with van der Waals surface area (Å²) in [5.41, 5.74) is 0. The van der Waals surface area contributed by atoms with Gasteiger partial charge in [0.25, 0.3) is 11.1 Å². The minimum atomic E-state index is -1.64. The van der Waals surface area contributed by atoms with E-state index in [4.69, 9.17) is 4.74 Å². The summed E-state index contributed by atoms with van der Waals surface area (Å²) in [6, 6.07) is 0. The van der Waals surface area contributed by atoms with Gasteiger partial charge < -0.3 is 4.74 Å². The van der Waals surface area contributed by atoms with Crippen LogP contribution >= 0.6 is 0 Å². The first-order valence-electron chi connectivity index (χ1n) is 4.20. The fourth-order valence-electron chi connectivity index (χ4n) is 0.611. The molecular weight excluding hydrogens is 202 g/mol. The van der Waals surface area contributed by atoms with Gasteiger partial charge in [0.15, 0.2) is 0 Å². The lowest BCUT2D eigenvalue weighted by Gasteiger charge is -2.01. The molecule has 80 valence electrons. The number of rotatable bonds is 5. The van der Waals surface area contributed by atoms with Crippen LogP contribution in [0.4, 0.5) is 0 Å². The van der Waals surface area contributed by atoms with Crippen LogP contribution in [0.15, 0.2) is 28.8 Å². The Morgan fingerprint density at radius 1 is 1.64 bits per heavy atom. The van der Waals surface area contributed by atoms with Gasteiger partial charge in [0.05, 0.1) is 11.5 Å². The van der Waals surface area contributed by atoms with E-state index in [1.807, 2.05) is 6.92 Å². The van der Waals surface area contributed by atoms with E-state index in [-0.39, 0.29) is 0 Å². The van der Waals surface area contributed by atoms with Gasteiger partial charge >= 0.3 is 0 Å². The molecule has 4 nitrogen and oxygen atoms in total. The standard InChI is InChI=1S/C9H15NO3S/c1-5-7-8(3)14(11)13-10-9(4)12-6-2/h5,7H,3,6H2,1-2,4H3. The second kappa shape index (κ2) is 7.32. The Balaban J connectivity index is 4.07. The molecule has 0 fully saturated rings. The van der Waals surface area contributed by atoms with Gasteiger partial charge in [-0.15, -0.1) is 0 Å². The molecule has 1 unspecified atom stereocenters. The molecule has 0 heterocycles. The summed E-state index contributed by atoms with van der Waals surface area (Å²) in [6.45, 7) is 9.30. The topological polar surface area (TPSA) is 47.9 Å². The van der Waals surface area contributed by atoms with Crippen molar-refractivity contribution in [1.29, 1.82) is 0 Å². The zero-order valence-electron chi connectivity index (χ0n) is 8.65. The molecule has 0 saturated carbocycles. The summed E-state index contributed by atoms with van der Waals surface area (Å²) in [5.74, 6) is 0.342. The third-order valence-corrected chi connectivity index (χ3v) is 1.93. The van der Waals surface area contributed by atoms with E-state index < -0.39 is 11.1 Å². The predicted octanol–water partition coefficient (Wildman–Crippen LogP) is 2.13. The molecule has 0 N–H and O–H groups in total. The lowest BCUT2D eigenvalue weighted by Crippen LogP contribution is -2.01. The highest BCUT2D eigenvalue weighted by molar-refractivity contribution is 7.84. The molecule has 0 aromatic heterocycles. The Kier molecular flexibility index (Phi) is 6.74. The number of ether oxygens (including phenoxy) is 1. The number of nitrogens with zero attached hydrogens (tertiary/aromatic N) is 1. The zero-order valence-corrected chi connectivity index (χ0v) is 9.47. The van der Waals surface area contributed by atoms with Gasteiger partial charge in [0.1, 0.15) is 0 Å². The molecule has 0 amide bonds. The molecule has 1 atom stereocenters. The van der Waals surface area contributed by atoms with Gasteiger partial charge in [-0.3, -0.25) is 4.28 Å². The lowest BCUT2D eigenvalue weighted by molar-refractivity contribution is 0.288. The van der Waals surface area contributed by atoms with Gasteiger partial charge in [0.2, 0.25) is 5.90 Å². The average molecular weight is 217 g/mol. The fraction of sp³-hybridized carbons (Fsp3) is 0.444. The molecule has 0 rings (SSSR count). The van der Waals surface area contributed by atoms with Crippen LogP contribution in [0.5, 0.6) is 0 Å². The third-order valence-electron chi connectivity index (χ3n) is 1.15. The molecule has 5 heteroatoms. The molecule has 0 aliphatic rings. The second-order valence-electron chi connectivity index (χ2n) is 2.32. The van der Waals surface area contributed by atoms with Crippen molar-refractivity contribution in [2.75, 3.05) is 6.61 Å². The summed E-state index contributed by atoms with van der Waals surface area (Å²) < 4.78 is 20.8. The van der Waals surface area contributed by atoms with Crippen LogP contribution in [0.25, 0.3) is 0 Å². The molecule has 0 aliphatic heterocycles. The Hall–Kier alpha value is -1.10. The van der Waals surface area contributed by atoms with Crippen molar-refractivity contribution in [3.05, 3.63) is 23.6 Å². The van der Waals surface area contributed by atoms with Gasteiger partial charge in [-0.05, 0) is 25.1 Å². The third kappa shape index (κ3) is 5.53. The summed E-state index contributed by atoms with van der Waals surface area (Å²) in [4.78, 5) is 0.362. The van der Waals surface area contributed by atoms with Gasteiger partial charge in [-0.1, -0.05) is 12.7 Å². The first-order valence-corrected chi connectivity index (χ1v) is 5.27. The van der Waals surface area contributed by atoms with Crippen LogP contribution < -0.4 is 0 Å². The molecule has 0 bridgehead atoms. The minimum absolute atomic E-state index is 0.342. The van der Waals surface area contributed by atoms with Crippen molar-refractivity contribution in [3.8, 4) is 0 Å². The van der Waals surface area contributed by atoms with Crippen LogP contribution in [-0.4, -0.2) is 16.7 Å². The maximum atomic E-state index is 11.2. The lowest BCUT2D eigenvalue weighted by atomic mass is 10.5. The normalized spacial score (nSPS) is 14.1. The largest absolute Gasteiger partial charge is 0.479 e.